The molecule has 1 aromatic carbocycles. The molecular formula is C12H12BrN3O2. The average Bonchev–Trinajstić information content (AvgIpc) is 2.37. The Morgan fingerprint density at radius 3 is 2.89 bits per heavy atom. The highest BCUT2D eigenvalue weighted by Crippen LogP contribution is 2.28. The van der Waals surface area contributed by atoms with Crippen molar-refractivity contribution < 1.29 is 9.90 Å². The van der Waals surface area contributed by atoms with E-state index in [9.17, 15) is 4.79 Å². The summed E-state index contributed by atoms with van der Waals surface area (Å²) >= 11 is 3.48. The molecule has 0 saturated carbocycles. The summed E-state index contributed by atoms with van der Waals surface area (Å²) in [5, 5.41) is 11.7. The van der Waals surface area contributed by atoms with Gasteiger partial charge in [-0.3, -0.25) is 14.8 Å². The number of carbonyl (C=O) groups is 1. The predicted molar refractivity (Wildman–Crippen MR) is 72.6 cm³/mol. The molecule has 0 spiro atoms. The van der Waals surface area contributed by atoms with Gasteiger partial charge in [-0.25, -0.2) is 0 Å². The predicted octanol–water partition coefficient (Wildman–Crippen LogP) is 2.67. The van der Waals surface area contributed by atoms with E-state index in [1.807, 2.05) is 12.1 Å². The second-order valence-corrected chi connectivity index (χ2v) is 4.57. The van der Waals surface area contributed by atoms with Crippen LogP contribution in [0.3, 0.4) is 0 Å². The van der Waals surface area contributed by atoms with Crippen molar-refractivity contribution in [2.45, 2.75) is 12.8 Å². The van der Waals surface area contributed by atoms with Crippen molar-refractivity contribution in [3.8, 4) is 0 Å². The van der Waals surface area contributed by atoms with Crippen molar-refractivity contribution in [2.24, 2.45) is 0 Å². The first-order valence-electron chi connectivity index (χ1n) is 5.53. The lowest BCUT2D eigenvalue weighted by molar-refractivity contribution is -0.137. The zero-order valence-electron chi connectivity index (χ0n) is 9.56. The van der Waals surface area contributed by atoms with E-state index in [1.165, 1.54) is 0 Å². The van der Waals surface area contributed by atoms with Crippen LogP contribution in [0.15, 0.2) is 29.0 Å². The fraction of sp³-hybridized carbons (Fsp3) is 0.250. The van der Waals surface area contributed by atoms with Gasteiger partial charge in [0, 0.05) is 25.4 Å². The smallest absolute Gasteiger partial charge is 0.303 e. The second kappa shape index (κ2) is 5.77. The van der Waals surface area contributed by atoms with Gasteiger partial charge in [0.25, 0.3) is 0 Å². The van der Waals surface area contributed by atoms with E-state index >= 15 is 0 Å². The van der Waals surface area contributed by atoms with Gasteiger partial charge in [-0.2, -0.15) is 0 Å². The van der Waals surface area contributed by atoms with Gasteiger partial charge in [0.2, 0.25) is 0 Å². The molecule has 2 N–H and O–H groups in total. The van der Waals surface area contributed by atoms with Gasteiger partial charge in [-0.15, -0.1) is 0 Å². The van der Waals surface area contributed by atoms with Crippen molar-refractivity contribution in [3.63, 3.8) is 0 Å². The van der Waals surface area contributed by atoms with Gasteiger partial charge in [0.15, 0.2) is 0 Å². The van der Waals surface area contributed by atoms with Crippen molar-refractivity contribution in [1.29, 1.82) is 0 Å². The first-order chi connectivity index (χ1) is 8.68. The van der Waals surface area contributed by atoms with E-state index < -0.39 is 5.97 Å². The molecular weight excluding hydrogens is 298 g/mol. The van der Waals surface area contributed by atoms with Gasteiger partial charge in [-0.1, -0.05) is 0 Å². The molecule has 2 aromatic rings. The van der Waals surface area contributed by atoms with Crippen molar-refractivity contribution in [2.75, 3.05) is 11.9 Å². The van der Waals surface area contributed by atoms with E-state index in [4.69, 9.17) is 5.11 Å². The quantitative estimate of drug-likeness (QED) is 0.831. The maximum atomic E-state index is 10.4. The minimum absolute atomic E-state index is 0.165. The summed E-state index contributed by atoms with van der Waals surface area (Å²) in [5.41, 5.74) is 2.51. The molecule has 0 fully saturated rings. The maximum absolute atomic E-state index is 10.4. The monoisotopic (exact) mass is 309 g/mol. The van der Waals surface area contributed by atoms with Crippen LogP contribution < -0.4 is 5.32 Å². The molecule has 2 rings (SSSR count). The number of halogens is 1. The number of anilines is 1. The van der Waals surface area contributed by atoms with E-state index in [0.717, 1.165) is 21.2 Å². The highest BCUT2D eigenvalue weighted by atomic mass is 79.9. The lowest BCUT2D eigenvalue weighted by Crippen LogP contribution is -2.05. The van der Waals surface area contributed by atoms with Crippen LogP contribution in [-0.4, -0.2) is 27.6 Å². The Bertz CT molecular complexity index is 574. The number of rotatable bonds is 5. The third-order valence-corrected chi connectivity index (χ3v) is 3.26. The Balaban J connectivity index is 2.09. The van der Waals surface area contributed by atoms with Gasteiger partial charge >= 0.3 is 5.97 Å². The number of nitrogens with zero attached hydrogens (tertiary/aromatic N) is 2. The number of hydrogen-bond acceptors (Lipinski definition) is 4. The normalized spacial score (nSPS) is 10.5. The fourth-order valence-corrected chi connectivity index (χ4v) is 2.18. The second-order valence-electron chi connectivity index (χ2n) is 3.78. The molecule has 94 valence electrons. The lowest BCUT2D eigenvalue weighted by Gasteiger charge is -2.09. The molecule has 0 unspecified atom stereocenters. The van der Waals surface area contributed by atoms with E-state index in [2.05, 4.69) is 31.2 Å². The summed E-state index contributed by atoms with van der Waals surface area (Å²) in [7, 11) is 0. The molecule has 0 amide bonds. The molecule has 5 nitrogen and oxygen atoms in total. The number of carboxylic acid groups (broad SMARTS) is 1. The van der Waals surface area contributed by atoms with Crippen LogP contribution in [0.4, 0.5) is 5.69 Å². The molecule has 0 aliphatic heterocycles. The Morgan fingerprint density at radius 2 is 2.11 bits per heavy atom. The van der Waals surface area contributed by atoms with Crippen LogP contribution in [-0.2, 0) is 4.79 Å². The number of carboxylic acids is 1. The zero-order chi connectivity index (χ0) is 13.0. The first-order valence-corrected chi connectivity index (χ1v) is 6.32. The Hall–Kier alpha value is -1.69. The number of hydrogen-bond donors (Lipinski definition) is 2. The van der Waals surface area contributed by atoms with Gasteiger partial charge < -0.3 is 10.4 Å². The summed E-state index contributed by atoms with van der Waals surface area (Å²) < 4.78 is 0.850. The Morgan fingerprint density at radius 1 is 1.33 bits per heavy atom. The van der Waals surface area contributed by atoms with E-state index in [0.29, 0.717) is 13.0 Å². The molecule has 6 heteroatoms. The summed E-state index contributed by atoms with van der Waals surface area (Å²) in [6.45, 7) is 0.608. The largest absolute Gasteiger partial charge is 0.481 e. The number of aliphatic carboxylic acids is 1. The third kappa shape index (κ3) is 2.95. The van der Waals surface area contributed by atoms with E-state index in [-0.39, 0.29) is 6.42 Å². The third-order valence-electron chi connectivity index (χ3n) is 2.46. The molecule has 0 aliphatic rings. The van der Waals surface area contributed by atoms with Crippen LogP contribution in [0.5, 0.6) is 0 Å². The van der Waals surface area contributed by atoms with Crippen LogP contribution in [0, 0.1) is 0 Å². The lowest BCUT2D eigenvalue weighted by atomic mass is 10.2. The maximum Gasteiger partial charge on any atom is 0.303 e. The zero-order valence-corrected chi connectivity index (χ0v) is 11.1. The molecule has 0 atom stereocenters. The van der Waals surface area contributed by atoms with Crippen molar-refractivity contribution >= 4 is 38.6 Å². The van der Waals surface area contributed by atoms with Crippen LogP contribution in [0.25, 0.3) is 11.0 Å². The Kier molecular flexibility index (Phi) is 4.09. The molecule has 0 radical (unpaired) electrons. The van der Waals surface area contributed by atoms with Crippen molar-refractivity contribution in [1.82, 2.24) is 9.97 Å². The molecule has 18 heavy (non-hydrogen) atoms. The number of nitrogens with one attached hydrogen (secondary N) is 1. The van der Waals surface area contributed by atoms with Crippen LogP contribution in [0.2, 0.25) is 0 Å². The van der Waals surface area contributed by atoms with E-state index in [1.54, 1.807) is 12.4 Å². The summed E-state index contributed by atoms with van der Waals surface area (Å²) in [6, 6.07) is 3.79. The number of fused-ring (bicyclic) bond motifs is 1. The highest BCUT2D eigenvalue weighted by Gasteiger charge is 2.06. The van der Waals surface area contributed by atoms with Gasteiger partial charge in [-0.05, 0) is 34.5 Å². The van der Waals surface area contributed by atoms with Gasteiger partial charge in [0.1, 0.15) is 5.52 Å². The topological polar surface area (TPSA) is 75.1 Å². The molecule has 0 saturated heterocycles. The standard InChI is InChI=1S/C12H12BrN3O2/c13-11-8(14-5-1-2-10(17)18)3-4-9-12(11)16-7-6-15-9/h3-4,6-7,14H,1-2,5H2,(H,17,18). The van der Waals surface area contributed by atoms with Gasteiger partial charge in [0.05, 0.1) is 15.7 Å². The highest BCUT2D eigenvalue weighted by molar-refractivity contribution is 9.10. The molecule has 0 bridgehead atoms. The summed E-state index contributed by atoms with van der Waals surface area (Å²) in [4.78, 5) is 18.9. The summed E-state index contributed by atoms with van der Waals surface area (Å²) in [6.07, 6.45) is 4.04. The molecule has 1 aromatic heterocycles. The van der Waals surface area contributed by atoms with Crippen molar-refractivity contribution in [3.05, 3.63) is 29.0 Å². The Labute approximate surface area is 112 Å². The fourth-order valence-electron chi connectivity index (χ4n) is 1.60. The van der Waals surface area contributed by atoms with Crippen LogP contribution >= 0.6 is 15.9 Å². The minimum Gasteiger partial charge on any atom is -0.481 e. The molecule has 0 aliphatic carbocycles. The SMILES string of the molecule is O=C(O)CCCNc1ccc2nccnc2c1Br. The summed E-state index contributed by atoms with van der Waals surface area (Å²) in [5.74, 6) is -0.778. The minimum atomic E-state index is -0.778. The number of benzene rings is 1. The van der Waals surface area contributed by atoms with Crippen LogP contribution in [0.1, 0.15) is 12.8 Å². The average molecular weight is 310 g/mol. The molecule has 1 heterocycles. The first kappa shape index (κ1) is 12.8. The number of aromatic nitrogens is 2.